The molecule has 0 saturated heterocycles. The maximum atomic E-state index is 6.11. The summed E-state index contributed by atoms with van der Waals surface area (Å²) in [6.45, 7) is 1.44. The molecule has 0 aliphatic heterocycles. The van der Waals surface area contributed by atoms with E-state index in [1.165, 1.54) is 0 Å². The Bertz CT molecular complexity index is 484. The second-order valence-electron chi connectivity index (χ2n) is 3.62. The average molecular weight is 252 g/mol. The van der Waals surface area contributed by atoms with Crippen LogP contribution in [0.15, 0.2) is 35.0 Å². The van der Waals surface area contributed by atoms with Crippen LogP contribution >= 0.6 is 11.6 Å². The molecule has 90 valence electrons. The molecule has 5 heteroatoms. The molecule has 0 radical (unpaired) electrons. The van der Waals surface area contributed by atoms with Crippen molar-refractivity contribution in [2.24, 2.45) is 5.73 Å². The predicted molar refractivity (Wildman–Crippen MR) is 69.1 cm³/mol. The normalized spacial score (nSPS) is 10.5. The highest BCUT2D eigenvalue weighted by Crippen LogP contribution is 2.32. The maximum Gasteiger partial charge on any atom is 0.191 e. The summed E-state index contributed by atoms with van der Waals surface area (Å²) in [5.41, 5.74) is 7.12. The first-order chi connectivity index (χ1) is 8.33. The van der Waals surface area contributed by atoms with E-state index < -0.39 is 0 Å². The summed E-state index contributed by atoms with van der Waals surface area (Å²) in [6, 6.07) is 7.51. The van der Waals surface area contributed by atoms with E-state index in [1.807, 2.05) is 24.3 Å². The summed E-state index contributed by atoms with van der Waals surface area (Å²) in [5.74, 6) is 0.660. The molecule has 0 aliphatic rings. The molecule has 3 N–H and O–H groups in total. The van der Waals surface area contributed by atoms with Gasteiger partial charge < -0.3 is 15.6 Å². The molecule has 0 unspecified atom stereocenters. The maximum absolute atomic E-state index is 6.11. The van der Waals surface area contributed by atoms with Crippen molar-refractivity contribution in [2.45, 2.75) is 6.42 Å². The number of aromatic nitrogens is 1. The molecule has 0 amide bonds. The number of anilines is 1. The minimum Gasteiger partial charge on any atom is -0.381 e. The fraction of sp³-hybridized carbons (Fsp3) is 0.250. The Morgan fingerprint density at radius 2 is 2.18 bits per heavy atom. The van der Waals surface area contributed by atoms with Crippen LogP contribution in [-0.4, -0.2) is 18.2 Å². The largest absolute Gasteiger partial charge is 0.381 e. The van der Waals surface area contributed by atoms with Crippen molar-refractivity contribution < 1.29 is 4.52 Å². The summed E-state index contributed by atoms with van der Waals surface area (Å²) in [7, 11) is 0. The number of benzene rings is 1. The molecule has 0 spiro atoms. The molecule has 0 atom stereocenters. The number of rotatable bonds is 5. The van der Waals surface area contributed by atoms with Crippen molar-refractivity contribution in [3.63, 3.8) is 0 Å². The van der Waals surface area contributed by atoms with Crippen LogP contribution in [0.5, 0.6) is 0 Å². The van der Waals surface area contributed by atoms with Crippen LogP contribution < -0.4 is 11.1 Å². The Balaban J connectivity index is 2.22. The zero-order valence-corrected chi connectivity index (χ0v) is 10.1. The average Bonchev–Trinajstić information content (AvgIpc) is 2.78. The van der Waals surface area contributed by atoms with Gasteiger partial charge in [0.05, 0.1) is 11.2 Å². The molecule has 0 bridgehead atoms. The van der Waals surface area contributed by atoms with Gasteiger partial charge in [0, 0.05) is 12.1 Å². The number of hydrogen-bond donors (Lipinski definition) is 2. The van der Waals surface area contributed by atoms with Gasteiger partial charge in [-0.3, -0.25) is 0 Å². The van der Waals surface area contributed by atoms with Gasteiger partial charge in [0.1, 0.15) is 5.69 Å². The Morgan fingerprint density at radius 3 is 2.94 bits per heavy atom. The van der Waals surface area contributed by atoms with Gasteiger partial charge in [0.2, 0.25) is 0 Å². The molecule has 4 nitrogen and oxygen atoms in total. The standard InChI is InChI=1S/C12H14ClN3O/c13-10-5-2-1-4-9(10)12-11(8-16-17-12)15-7-3-6-14/h1-2,4-5,8,15H,3,6-7,14H2. The van der Waals surface area contributed by atoms with Gasteiger partial charge in [-0.2, -0.15) is 0 Å². The third-order valence-electron chi connectivity index (χ3n) is 2.39. The van der Waals surface area contributed by atoms with Gasteiger partial charge in [0.25, 0.3) is 0 Å². The van der Waals surface area contributed by atoms with Crippen molar-refractivity contribution in [2.75, 3.05) is 18.4 Å². The van der Waals surface area contributed by atoms with Gasteiger partial charge >= 0.3 is 0 Å². The van der Waals surface area contributed by atoms with Gasteiger partial charge in [-0.1, -0.05) is 28.9 Å². The molecular weight excluding hydrogens is 238 g/mol. The molecule has 0 fully saturated rings. The lowest BCUT2D eigenvalue weighted by Crippen LogP contribution is -2.08. The van der Waals surface area contributed by atoms with Gasteiger partial charge in [-0.05, 0) is 25.1 Å². The van der Waals surface area contributed by atoms with Crippen LogP contribution in [0.1, 0.15) is 6.42 Å². The van der Waals surface area contributed by atoms with Crippen molar-refractivity contribution in [1.29, 1.82) is 0 Å². The Labute approximate surface area is 105 Å². The zero-order chi connectivity index (χ0) is 12.1. The number of hydrogen-bond acceptors (Lipinski definition) is 4. The SMILES string of the molecule is NCCCNc1cnoc1-c1ccccc1Cl. The summed E-state index contributed by atoms with van der Waals surface area (Å²) < 4.78 is 5.23. The van der Waals surface area contributed by atoms with E-state index in [2.05, 4.69) is 10.5 Å². The summed E-state index contributed by atoms with van der Waals surface area (Å²) in [6.07, 6.45) is 2.54. The third kappa shape index (κ3) is 2.78. The molecule has 0 aliphatic carbocycles. The van der Waals surface area contributed by atoms with Gasteiger partial charge in [0.15, 0.2) is 5.76 Å². The molecule has 1 heterocycles. The summed E-state index contributed by atoms with van der Waals surface area (Å²) >= 11 is 6.11. The first kappa shape index (κ1) is 12.0. The van der Waals surface area contributed by atoms with Gasteiger partial charge in [-0.15, -0.1) is 0 Å². The second-order valence-corrected chi connectivity index (χ2v) is 4.02. The van der Waals surface area contributed by atoms with E-state index in [0.29, 0.717) is 17.3 Å². The summed E-state index contributed by atoms with van der Waals surface area (Å²) in [4.78, 5) is 0. The molecule has 1 aromatic carbocycles. The number of nitrogens with one attached hydrogen (secondary N) is 1. The van der Waals surface area contributed by atoms with Crippen LogP contribution in [0, 0.1) is 0 Å². The van der Waals surface area contributed by atoms with Crippen molar-refractivity contribution in [3.05, 3.63) is 35.5 Å². The molecule has 2 rings (SSSR count). The number of nitrogens with two attached hydrogens (primary N) is 1. The Morgan fingerprint density at radius 1 is 1.35 bits per heavy atom. The van der Waals surface area contributed by atoms with E-state index >= 15 is 0 Å². The highest BCUT2D eigenvalue weighted by molar-refractivity contribution is 6.33. The number of nitrogens with zero attached hydrogens (tertiary/aromatic N) is 1. The minimum absolute atomic E-state index is 0.645. The van der Waals surface area contributed by atoms with Crippen molar-refractivity contribution >= 4 is 17.3 Å². The van der Waals surface area contributed by atoms with Gasteiger partial charge in [-0.25, -0.2) is 0 Å². The lowest BCUT2D eigenvalue weighted by atomic mass is 10.1. The van der Waals surface area contributed by atoms with Crippen LogP contribution in [0.3, 0.4) is 0 Å². The molecule has 1 aromatic heterocycles. The van der Waals surface area contributed by atoms with Crippen LogP contribution in [0.2, 0.25) is 5.02 Å². The van der Waals surface area contributed by atoms with Crippen LogP contribution in [0.25, 0.3) is 11.3 Å². The van der Waals surface area contributed by atoms with Crippen molar-refractivity contribution in [1.82, 2.24) is 5.16 Å². The number of halogens is 1. The molecule has 0 saturated carbocycles. The molecule has 17 heavy (non-hydrogen) atoms. The van der Waals surface area contributed by atoms with E-state index in [1.54, 1.807) is 6.20 Å². The monoisotopic (exact) mass is 251 g/mol. The van der Waals surface area contributed by atoms with E-state index in [9.17, 15) is 0 Å². The predicted octanol–water partition coefficient (Wildman–Crippen LogP) is 2.76. The quantitative estimate of drug-likeness (QED) is 0.802. The van der Waals surface area contributed by atoms with Crippen LogP contribution in [-0.2, 0) is 0 Å². The lowest BCUT2D eigenvalue weighted by molar-refractivity contribution is 0.432. The van der Waals surface area contributed by atoms with E-state index in [-0.39, 0.29) is 0 Å². The smallest absolute Gasteiger partial charge is 0.191 e. The van der Waals surface area contributed by atoms with Crippen molar-refractivity contribution in [3.8, 4) is 11.3 Å². The fourth-order valence-corrected chi connectivity index (χ4v) is 1.75. The second kappa shape index (κ2) is 5.70. The van der Waals surface area contributed by atoms with Crippen LogP contribution in [0.4, 0.5) is 5.69 Å². The third-order valence-corrected chi connectivity index (χ3v) is 2.71. The fourth-order valence-electron chi connectivity index (χ4n) is 1.53. The Kier molecular flexibility index (Phi) is 4.01. The minimum atomic E-state index is 0.645. The topological polar surface area (TPSA) is 64.1 Å². The molecule has 2 aromatic rings. The first-order valence-corrected chi connectivity index (χ1v) is 5.84. The summed E-state index contributed by atoms with van der Waals surface area (Å²) in [5, 5.41) is 7.66. The highest BCUT2D eigenvalue weighted by Gasteiger charge is 2.12. The van der Waals surface area contributed by atoms with E-state index in [0.717, 1.165) is 24.2 Å². The highest BCUT2D eigenvalue weighted by atomic mass is 35.5. The Hall–Kier alpha value is -1.52. The zero-order valence-electron chi connectivity index (χ0n) is 9.32. The first-order valence-electron chi connectivity index (χ1n) is 5.46. The van der Waals surface area contributed by atoms with E-state index in [4.69, 9.17) is 21.9 Å². The lowest BCUT2D eigenvalue weighted by Gasteiger charge is -2.05. The molecular formula is C12H14ClN3O.